The molecule has 1 fully saturated rings. The molecule has 0 saturated heterocycles. The van der Waals surface area contributed by atoms with Gasteiger partial charge in [-0.3, -0.25) is 14.9 Å². The van der Waals surface area contributed by atoms with Gasteiger partial charge in [-0.2, -0.15) is 5.10 Å². The molecule has 4 aromatic rings. The molecule has 0 unspecified atom stereocenters. The Hall–Kier alpha value is -4.53. The Kier molecular flexibility index (Phi) is 6.70. The third-order valence-electron chi connectivity index (χ3n) is 6.43. The van der Waals surface area contributed by atoms with Crippen molar-refractivity contribution in [3.05, 3.63) is 73.1 Å². The number of imide groups is 1. The number of carbonyl (C=O) groups is 2. The van der Waals surface area contributed by atoms with Gasteiger partial charge in [0.15, 0.2) is 5.65 Å². The Morgan fingerprint density at radius 1 is 1.00 bits per heavy atom. The topological polar surface area (TPSA) is 125 Å². The van der Waals surface area contributed by atoms with E-state index in [-0.39, 0.29) is 12.0 Å². The highest BCUT2D eigenvalue weighted by molar-refractivity contribution is 5.98. The summed E-state index contributed by atoms with van der Waals surface area (Å²) in [6, 6.07) is 17.5. The summed E-state index contributed by atoms with van der Waals surface area (Å²) in [5.74, 6) is 1.77. The van der Waals surface area contributed by atoms with Crippen LogP contribution in [0, 0.1) is 5.92 Å². The number of benzene rings is 2. The first-order chi connectivity index (χ1) is 17.6. The second-order valence-electron chi connectivity index (χ2n) is 8.74. The molecule has 0 radical (unpaired) electrons. The fourth-order valence-corrected chi connectivity index (χ4v) is 4.63. The third kappa shape index (κ3) is 4.95. The molecule has 0 bridgehead atoms. The van der Waals surface area contributed by atoms with Crippen LogP contribution in [0.4, 0.5) is 5.82 Å². The number of anilines is 1. The van der Waals surface area contributed by atoms with Gasteiger partial charge in [0.25, 0.3) is 0 Å². The van der Waals surface area contributed by atoms with E-state index in [4.69, 9.17) is 15.6 Å². The van der Waals surface area contributed by atoms with Crippen LogP contribution >= 0.6 is 0 Å². The molecule has 2 amide bonds. The first-order valence-electron chi connectivity index (χ1n) is 11.9. The van der Waals surface area contributed by atoms with Crippen molar-refractivity contribution in [1.29, 1.82) is 0 Å². The number of nitrogens with one attached hydrogen (secondary N) is 1. The summed E-state index contributed by atoms with van der Waals surface area (Å²) < 4.78 is 7.88. The molecule has 2 heterocycles. The number of allylic oxidation sites excluding steroid dienone is 1. The normalized spacial score (nSPS) is 17.8. The van der Waals surface area contributed by atoms with E-state index in [1.54, 1.807) is 0 Å². The molecule has 182 valence electrons. The predicted octanol–water partition coefficient (Wildman–Crippen LogP) is 4.43. The number of hydrogen-bond donors (Lipinski definition) is 2. The van der Waals surface area contributed by atoms with E-state index in [0.29, 0.717) is 17.9 Å². The molecule has 2 aromatic heterocycles. The first-order valence-corrected chi connectivity index (χ1v) is 11.9. The molecular weight excluding hydrogens is 456 g/mol. The van der Waals surface area contributed by atoms with Gasteiger partial charge in [-0.05, 0) is 74.1 Å². The molecule has 5 rings (SSSR count). The van der Waals surface area contributed by atoms with Crippen LogP contribution in [0.3, 0.4) is 0 Å². The van der Waals surface area contributed by atoms with Crippen molar-refractivity contribution >= 4 is 29.2 Å². The van der Waals surface area contributed by atoms with Crippen LogP contribution in [0.2, 0.25) is 0 Å². The molecule has 9 heteroatoms. The monoisotopic (exact) mass is 482 g/mol. The fraction of sp³-hybridized carbons (Fsp3) is 0.222. The Balaban J connectivity index is 1.37. The lowest BCUT2D eigenvalue weighted by molar-refractivity contribution is -0.121. The van der Waals surface area contributed by atoms with Crippen molar-refractivity contribution in [2.75, 3.05) is 5.73 Å². The van der Waals surface area contributed by atoms with Crippen molar-refractivity contribution in [3.63, 3.8) is 0 Å². The first kappa shape index (κ1) is 23.2. The molecule has 1 aliphatic rings. The standard InChI is InChI=1S/C27H26N6O3/c28-26-24-25(19-9-13-22(14-10-19)36-21-4-2-1-3-5-21)32-33(27(24)30-16-29-26)20-11-6-18(7-12-20)8-15-23(35)31-17-34/h1-5,8-10,13-18,20H,6-7,11-12H2,(H2,28,29,30)(H,31,34,35)/t18-,20-. The van der Waals surface area contributed by atoms with E-state index in [2.05, 4.69) is 15.3 Å². The van der Waals surface area contributed by atoms with Gasteiger partial charge in [0.05, 0.1) is 11.4 Å². The number of nitrogens with two attached hydrogens (primary N) is 1. The van der Waals surface area contributed by atoms with Crippen molar-refractivity contribution in [1.82, 2.24) is 25.1 Å². The molecule has 0 aliphatic heterocycles. The Morgan fingerprint density at radius 3 is 2.44 bits per heavy atom. The Morgan fingerprint density at radius 2 is 1.72 bits per heavy atom. The smallest absolute Gasteiger partial charge is 0.250 e. The zero-order valence-electron chi connectivity index (χ0n) is 19.6. The number of amides is 2. The highest BCUT2D eigenvalue weighted by Crippen LogP contribution is 2.38. The van der Waals surface area contributed by atoms with Gasteiger partial charge in [-0.15, -0.1) is 0 Å². The van der Waals surface area contributed by atoms with Crippen molar-refractivity contribution in [2.24, 2.45) is 5.92 Å². The van der Waals surface area contributed by atoms with Crippen molar-refractivity contribution in [3.8, 4) is 22.8 Å². The summed E-state index contributed by atoms with van der Waals surface area (Å²) in [4.78, 5) is 30.6. The molecule has 1 saturated carbocycles. The summed E-state index contributed by atoms with van der Waals surface area (Å²) in [5.41, 5.74) is 8.64. The van der Waals surface area contributed by atoms with E-state index in [0.717, 1.165) is 53.8 Å². The molecule has 3 N–H and O–H groups in total. The summed E-state index contributed by atoms with van der Waals surface area (Å²) in [5, 5.41) is 7.82. The SMILES string of the molecule is Nc1ncnc2c1c(-c1ccc(Oc3ccccc3)cc1)nn2[C@H]1CC[C@H](C=CC(=O)NC=O)CC1. The fourth-order valence-electron chi connectivity index (χ4n) is 4.63. The van der Waals surface area contributed by atoms with E-state index in [1.165, 1.54) is 12.4 Å². The maximum absolute atomic E-state index is 11.5. The quantitative estimate of drug-likeness (QED) is 0.295. The molecule has 9 nitrogen and oxygen atoms in total. The van der Waals surface area contributed by atoms with Gasteiger partial charge >= 0.3 is 0 Å². The van der Waals surface area contributed by atoms with Crippen LogP contribution in [0.1, 0.15) is 31.7 Å². The van der Waals surface area contributed by atoms with Gasteiger partial charge < -0.3 is 10.5 Å². The number of hydrogen-bond acceptors (Lipinski definition) is 7. The summed E-state index contributed by atoms with van der Waals surface area (Å²) >= 11 is 0. The lowest BCUT2D eigenvalue weighted by Gasteiger charge is -2.27. The lowest BCUT2D eigenvalue weighted by Crippen LogP contribution is -2.20. The van der Waals surface area contributed by atoms with E-state index in [1.807, 2.05) is 65.4 Å². The maximum Gasteiger partial charge on any atom is 0.250 e. The minimum Gasteiger partial charge on any atom is -0.457 e. The number of aromatic nitrogens is 4. The number of nitrogen functional groups attached to an aromatic ring is 1. The minimum atomic E-state index is -0.401. The molecular formula is C27H26N6O3. The van der Waals surface area contributed by atoms with Gasteiger partial charge in [-0.25, -0.2) is 14.6 Å². The minimum absolute atomic E-state index is 0.157. The molecule has 0 atom stereocenters. The zero-order valence-corrected chi connectivity index (χ0v) is 19.6. The number of fused-ring (bicyclic) bond motifs is 1. The summed E-state index contributed by atoms with van der Waals surface area (Å²) in [6.07, 6.45) is 8.73. The molecule has 36 heavy (non-hydrogen) atoms. The molecule has 1 aliphatic carbocycles. The van der Waals surface area contributed by atoms with Gasteiger partial charge in [0.1, 0.15) is 29.3 Å². The van der Waals surface area contributed by atoms with Crippen molar-refractivity contribution in [2.45, 2.75) is 31.7 Å². The number of nitrogens with zero attached hydrogens (tertiary/aromatic N) is 4. The Labute approximate surface area is 208 Å². The third-order valence-corrected chi connectivity index (χ3v) is 6.43. The van der Waals surface area contributed by atoms with Crippen LogP contribution in [0.15, 0.2) is 73.1 Å². The van der Waals surface area contributed by atoms with E-state index in [9.17, 15) is 9.59 Å². The van der Waals surface area contributed by atoms with Gasteiger partial charge in [-0.1, -0.05) is 24.3 Å². The summed E-state index contributed by atoms with van der Waals surface area (Å²) in [7, 11) is 0. The maximum atomic E-state index is 11.5. The van der Waals surface area contributed by atoms with Crippen molar-refractivity contribution < 1.29 is 14.3 Å². The average molecular weight is 483 g/mol. The largest absolute Gasteiger partial charge is 0.457 e. The number of ether oxygens (including phenoxy) is 1. The van der Waals surface area contributed by atoms with Crippen LogP contribution in [-0.4, -0.2) is 32.1 Å². The Bertz CT molecular complexity index is 1390. The second-order valence-corrected chi connectivity index (χ2v) is 8.74. The highest BCUT2D eigenvalue weighted by atomic mass is 16.5. The number of carbonyl (C=O) groups excluding carboxylic acids is 2. The number of para-hydroxylation sites is 1. The van der Waals surface area contributed by atoms with E-state index >= 15 is 0 Å². The van der Waals surface area contributed by atoms with Crippen LogP contribution in [-0.2, 0) is 9.59 Å². The molecule has 2 aromatic carbocycles. The lowest BCUT2D eigenvalue weighted by atomic mass is 9.86. The predicted molar refractivity (Wildman–Crippen MR) is 136 cm³/mol. The summed E-state index contributed by atoms with van der Waals surface area (Å²) in [6.45, 7) is 0. The number of rotatable bonds is 7. The zero-order chi connectivity index (χ0) is 24.9. The van der Waals surface area contributed by atoms with E-state index < -0.39 is 5.91 Å². The van der Waals surface area contributed by atoms with Crippen LogP contribution in [0.25, 0.3) is 22.3 Å². The van der Waals surface area contributed by atoms with Crippen LogP contribution < -0.4 is 15.8 Å². The highest BCUT2D eigenvalue weighted by Gasteiger charge is 2.26. The molecule has 0 spiro atoms. The van der Waals surface area contributed by atoms with Crippen LogP contribution in [0.5, 0.6) is 11.5 Å². The van der Waals surface area contributed by atoms with Gasteiger partial charge in [0.2, 0.25) is 12.3 Å². The second kappa shape index (κ2) is 10.4. The van der Waals surface area contributed by atoms with Gasteiger partial charge in [0, 0.05) is 5.56 Å². The average Bonchev–Trinajstić information content (AvgIpc) is 3.30.